The zero-order valence-electron chi connectivity index (χ0n) is 21.4. The van der Waals surface area contributed by atoms with Crippen molar-refractivity contribution in [2.45, 2.75) is 58.4 Å². The molecule has 6 nitrogen and oxygen atoms in total. The molecule has 38 heavy (non-hydrogen) atoms. The van der Waals surface area contributed by atoms with E-state index in [0.717, 1.165) is 24.0 Å². The second kappa shape index (κ2) is 9.44. The highest BCUT2D eigenvalue weighted by Crippen LogP contribution is 2.34. The maximum atomic E-state index is 14.5. The third-order valence-electron chi connectivity index (χ3n) is 7.99. The highest BCUT2D eigenvalue weighted by Gasteiger charge is 2.29. The van der Waals surface area contributed by atoms with Crippen molar-refractivity contribution in [1.82, 2.24) is 19.8 Å². The number of nitrogens with zero attached hydrogens (tertiary/aromatic N) is 4. The lowest BCUT2D eigenvalue weighted by atomic mass is 9.96. The van der Waals surface area contributed by atoms with E-state index in [9.17, 15) is 13.6 Å². The van der Waals surface area contributed by atoms with Crippen molar-refractivity contribution in [1.29, 1.82) is 0 Å². The lowest BCUT2D eigenvalue weighted by molar-refractivity contribution is 0.0747. The van der Waals surface area contributed by atoms with Crippen molar-refractivity contribution in [3.63, 3.8) is 0 Å². The predicted octanol–water partition coefficient (Wildman–Crippen LogP) is 5.69. The molecule has 0 aliphatic carbocycles. The molecule has 1 fully saturated rings. The molecule has 8 heteroatoms. The van der Waals surface area contributed by atoms with Crippen LogP contribution >= 0.6 is 0 Å². The van der Waals surface area contributed by atoms with Crippen molar-refractivity contribution in [2.24, 2.45) is 0 Å². The summed E-state index contributed by atoms with van der Waals surface area (Å²) in [6, 6.07) is 16.5. The Morgan fingerprint density at radius 1 is 0.947 bits per heavy atom. The van der Waals surface area contributed by atoms with Gasteiger partial charge < -0.3 is 10.6 Å². The number of nitrogen functional groups attached to an aromatic ring is 1. The quantitative estimate of drug-likeness (QED) is 0.380. The number of anilines is 1. The van der Waals surface area contributed by atoms with E-state index >= 15 is 0 Å². The zero-order valence-corrected chi connectivity index (χ0v) is 21.4. The van der Waals surface area contributed by atoms with Gasteiger partial charge in [0.2, 0.25) is 5.95 Å². The van der Waals surface area contributed by atoms with E-state index in [0.29, 0.717) is 59.3 Å². The van der Waals surface area contributed by atoms with Crippen LogP contribution in [0.1, 0.15) is 53.9 Å². The minimum Gasteiger partial charge on any atom is -0.368 e. The molecule has 0 spiro atoms. The van der Waals surface area contributed by atoms with Crippen LogP contribution in [0.5, 0.6) is 0 Å². The Morgan fingerprint density at radius 3 is 2.29 bits per heavy atom. The van der Waals surface area contributed by atoms with Crippen LogP contribution in [0.4, 0.5) is 14.7 Å². The molecule has 0 bridgehead atoms. The van der Waals surface area contributed by atoms with Gasteiger partial charge in [-0.2, -0.15) is 0 Å². The van der Waals surface area contributed by atoms with E-state index in [-0.39, 0.29) is 17.5 Å². The van der Waals surface area contributed by atoms with Crippen LogP contribution in [0, 0.1) is 11.6 Å². The Labute approximate surface area is 220 Å². The molecule has 1 saturated heterocycles. The monoisotopic (exact) mass is 513 g/mol. The Hall–Kier alpha value is -3.91. The van der Waals surface area contributed by atoms with Crippen LogP contribution in [0.3, 0.4) is 0 Å². The van der Waals surface area contributed by atoms with Crippen LogP contribution in [-0.4, -0.2) is 37.8 Å². The molecule has 3 aromatic carbocycles. The number of nitrogens with two attached hydrogens (primary N) is 1. The van der Waals surface area contributed by atoms with Gasteiger partial charge >= 0.3 is 0 Å². The third-order valence-corrected chi connectivity index (χ3v) is 7.99. The number of likely N-dealkylation sites (tertiary alicyclic amines) is 1. The number of aromatic nitrogens is 2. The molecule has 1 aromatic heterocycles. The fourth-order valence-electron chi connectivity index (χ4n) is 5.85. The van der Waals surface area contributed by atoms with Crippen LogP contribution in [-0.2, 0) is 19.6 Å². The van der Waals surface area contributed by atoms with E-state index in [2.05, 4.69) is 28.7 Å². The van der Waals surface area contributed by atoms with Gasteiger partial charge in [-0.05, 0) is 78.8 Å². The molecular weight excluding hydrogens is 484 g/mol. The molecule has 0 radical (unpaired) electrons. The molecule has 2 aliphatic heterocycles. The standard InChI is InChI=1S/C30H29F2N5O/c1-17-7-8-18(2)37(17)16-22-12-25(31)26(32)13-23(22)19-9-10-27-24(11-19)28(35-30(33)34-27)29(38)36-14-20-5-3-4-6-21(20)15-36/h3-6,9-13,17-18H,7-8,14-16H2,1-2H3,(H2,33,34,35). The van der Waals surface area contributed by atoms with Crippen molar-refractivity contribution in [2.75, 3.05) is 5.73 Å². The number of halogens is 2. The second-order valence-corrected chi connectivity index (χ2v) is 10.5. The molecule has 2 atom stereocenters. The summed E-state index contributed by atoms with van der Waals surface area (Å²) < 4.78 is 28.9. The Bertz CT molecular complexity index is 1540. The van der Waals surface area contributed by atoms with Crippen LogP contribution in [0.25, 0.3) is 22.0 Å². The smallest absolute Gasteiger partial charge is 0.273 e. The molecule has 0 saturated carbocycles. The van der Waals surface area contributed by atoms with E-state index in [1.165, 1.54) is 12.1 Å². The summed E-state index contributed by atoms with van der Waals surface area (Å²) in [6.45, 7) is 5.80. The first kappa shape index (κ1) is 24.4. The summed E-state index contributed by atoms with van der Waals surface area (Å²) in [4.78, 5) is 26.4. The van der Waals surface area contributed by atoms with Gasteiger partial charge in [0, 0.05) is 37.1 Å². The molecule has 2 unspecified atom stereocenters. The van der Waals surface area contributed by atoms with E-state index in [4.69, 9.17) is 5.73 Å². The highest BCUT2D eigenvalue weighted by molar-refractivity contribution is 6.06. The van der Waals surface area contributed by atoms with Gasteiger partial charge in [-0.15, -0.1) is 0 Å². The number of amides is 1. The van der Waals surface area contributed by atoms with Crippen LogP contribution in [0.15, 0.2) is 54.6 Å². The molecule has 1 amide bonds. The zero-order chi connectivity index (χ0) is 26.6. The fraction of sp³-hybridized carbons (Fsp3) is 0.300. The molecule has 6 rings (SSSR count). The summed E-state index contributed by atoms with van der Waals surface area (Å²) in [6.07, 6.45) is 2.14. The number of carbonyl (C=O) groups excluding carboxylic acids is 1. The minimum atomic E-state index is -0.911. The van der Waals surface area contributed by atoms with Crippen LogP contribution in [0.2, 0.25) is 0 Å². The first-order valence-corrected chi connectivity index (χ1v) is 13.0. The minimum absolute atomic E-state index is 0.0100. The highest BCUT2D eigenvalue weighted by atomic mass is 19.2. The van der Waals surface area contributed by atoms with Gasteiger partial charge in [0.25, 0.3) is 5.91 Å². The van der Waals surface area contributed by atoms with Gasteiger partial charge in [0.15, 0.2) is 11.6 Å². The maximum absolute atomic E-state index is 14.5. The maximum Gasteiger partial charge on any atom is 0.273 e. The Morgan fingerprint density at radius 2 is 1.61 bits per heavy atom. The summed E-state index contributed by atoms with van der Waals surface area (Å²) in [7, 11) is 0. The van der Waals surface area contributed by atoms with Gasteiger partial charge in [-0.1, -0.05) is 30.3 Å². The predicted molar refractivity (Wildman–Crippen MR) is 143 cm³/mol. The van der Waals surface area contributed by atoms with Crippen molar-refractivity contribution < 1.29 is 13.6 Å². The topological polar surface area (TPSA) is 75.4 Å². The normalized spacial score (nSPS) is 19.3. The number of hydrogen-bond donors (Lipinski definition) is 1. The first-order chi connectivity index (χ1) is 18.3. The Kier molecular flexibility index (Phi) is 6.07. The molecule has 2 N–H and O–H groups in total. The summed E-state index contributed by atoms with van der Waals surface area (Å²) >= 11 is 0. The third kappa shape index (κ3) is 4.28. The average Bonchev–Trinajstić information content (AvgIpc) is 3.48. The summed E-state index contributed by atoms with van der Waals surface area (Å²) in [5.41, 5.74) is 10.9. The van der Waals surface area contributed by atoms with E-state index in [1.807, 2.05) is 30.3 Å². The molecule has 194 valence electrons. The largest absolute Gasteiger partial charge is 0.368 e. The van der Waals surface area contributed by atoms with Crippen LogP contribution < -0.4 is 5.73 Å². The van der Waals surface area contributed by atoms with E-state index < -0.39 is 11.6 Å². The average molecular weight is 514 g/mol. The van der Waals surface area contributed by atoms with Crippen molar-refractivity contribution in [3.05, 3.63) is 88.6 Å². The summed E-state index contributed by atoms with van der Waals surface area (Å²) in [5.74, 6) is -2.02. The number of benzene rings is 3. The van der Waals surface area contributed by atoms with E-state index in [1.54, 1.807) is 17.0 Å². The van der Waals surface area contributed by atoms with Gasteiger partial charge in [-0.25, -0.2) is 18.7 Å². The molecule has 4 aromatic rings. The summed E-state index contributed by atoms with van der Waals surface area (Å²) in [5, 5.41) is 0.524. The SMILES string of the molecule is CC1CCC(C)N1Cc1cc(F)c(F)cc1-c1ccc2nc(N)nc(C(=O)N3Cc4ccccc4C3)c2c1. The van der Waals surface area contributed by atoms with Crippen molar-refractivity contribution in [3.8, 4) is 11.1 Å². The lowest BCUT2D eigenvalue weighted by Gasteiger charge is -2.27. The van der Waals surface area contributed by atoms with Crippen molar-refractivity contribution >= 4 is 22.8 Å². The molecule has 3 heterocycles. The number of hydrogen-bond acceptors (Lipinski definition) is 5. The number of fused-ring (bicyclic) bond motifs is 2. The molecule has 2 aliphatic rings. The van der Waals surface area contributed by atoms with Gasteiger partial charge in [0.05, 0.1) is 5.52 Å². The van der Waals surface area contributed by atoms with Gasteiger partial charge in [0.1, 0.15) is 5.69 Å². The Balaban J connectivity index is 1.42. The first-order valence-electron chi connectivity index (χ1n) is 13.0. The number of carbonyl (C=O) groups is 1. The fourth-order valence-corrected chi connectivity index (χ4v) is 5.85. The second-order valence-electron chi connectivity index (χ2n) is 10.5. The lowest BCUT2D eigenvalue weighted by Crippen LogP contribution is -2.32. The van der Waals surface area contributed by atoms with Gasteiger partial charge in [-0.3, -0.25) is 9.69 Å². The molecular formula is C30H29F2N5O. The number of rotatable bonds is 4.